The van der Waals surface area contributed by atoms with Crippen LogP contribution in [0, 0.1) is 11.3 Å². The molecule has 0 bridgehead atoms. The smallest absolute Gasteiger partial charge is 0.0801 e. The number of aliphatic hydroxyl groups is 1. The molecule has 1 aliphatic carbocycles. The van der Waals surface area contributed by atoms with Crippen LogP contribution in [0.5, 0.6) is 0 Å². The Morgan fingerprint density at radius 1 is 1.62 bits per heavy atom. The lowest BCUT2D eigenvalue weighted by Crippen LogP contribution is -2.29. The third-order valence-corrected chi connectivity index (χ3v) is 3.32. The summed E-state index contributed by atoms with van der Waals surface area (Å²) >= 11 is 0. The molecule has 1 fully saturated rings. The highest BCUT2D eigenvalue weighted by Crippen LogP contribution is 2.46. The Labute approximate surface area is 80.6 Å². The quantitative estimate of drug-likeness (QED) is 0.680. The number of ether oxygens (including phenoxy) is 1. The molecule has 2 heteroatoms. The lowest BCUT2D eigenvalue weighted by molar-refractivity contribution is 0.0567. The van der Waals surface area contributed by atoms with E-state index in [2.05, 4.69) is 20.4 Å². The molecule has 0 unspecified atom stereocenters. The molecular formula is C11H20O2. The topological polar surface area (TPSA) is 29.5 Å². The lowest BCUT2D eigenvalue weighted by Gasteiger charge is -2.29. The molecule has 0 saturated heterocycles. The van der Waals surface area contributed by atoms with Crippen molar-refractivity contribution in [1.82, 2.24) is 0 Å². The van der Waals surface area contributed by atoms with Crippen LogP contribution in [0.15, 0.2) is 12.2 Å². The minimum Gasteiger partial charge on any atom is -0.388 e. The zero-order valence-electron chi connectivity index (χ0n) is 8.84. The molecule has 0 spiro atoms. The fourth-order valence-electron chi connectivity index (χ4n) is 2.17. The summed E-state index contributed by atoms with van der Waals surface area (Å²) in [6.45, 7) is 8.88. The van der Waals surface area contributed by atoms with Crippen molar-refractivity contribution >= 4 is 0 Å². The van der Waals surface area contributed by atoms with Crippen molar-refractivity contribution in [2.75, 3.05) is 13.7 Å². The van der Waals surface area contributed by atoms with Gasteiger partial charge in [-0.25, -0.2) is 0 Å². The third kappa shape index (κ3) is 1.94. The van der Waals surface area contributed by atoms with Crippen LogP contribution < -0.4 is 0 Å². The van der Waals surface area contributed by atoms with E-state index in [0.717, 1.165) is 25.0 Å². The SMILES string of the molecule is C=C1C[C@H](CCOC)C(C)(C)[C@H]1O. The molecule has 0 aromatic carbocycles. The van der Waals surface area contributed by atoms with Gasteiger partial charge in [-0.3, -0.25) is 0 Å². The number of rotatable bonds is 3. The van der Waals surface area contributed by atoms with Gasteiger partial charge >= 0.3 is 0 Å². The first kappa shape index (κ1) is 10.7. The third-order valence-electron chi connectivity index (χ3n) is 3.32. The van der Waals surface area contributed by atoms with Crippen molar-refractivity contribution in [2.45, 2.75) is 32.8 Å². The Hall–Kier alpha value is -0.340. The second-order valence-electron chi connectivity index (χ2n) is 4.56. The molecule has 0 aromatic heterocycles. The van der Waals surface area contributed by atoms with Gasteiger partial charge in [0.15, 0.2) is 0 Å². The Bertz CT molecular complexity index is 196. The summed E-state index contributed by atoms with van der Waals surface area (Å²) in [7, 11) is 1.72. The van der Waals surface area contributed by atoms with E-state index >= 15 is 0 Å². The molecular weight excluding hydrogens is 164 g/mol. The zero-order chi connectivity index (χ0) is 10.1. The van der Waals surface area contributed by atoms with Gasteiger partial charge in [0, 0.05) is 13.7 Å². The molecule has 0 aliphatic heterocycles. The standard InChI is InChI=1S/C11H20O2/c1-8-7-9(5-6-13-4)11(2,3)10(8)12/h9-10,12H,1,5-7H2,2-4H3/t9-,10-/m0/s1. The monoisotopic (exact) mass is 184 g/mol. The summed E-state index contributed by atoms with van der Waals surface area (Å²) in [5.41, 5.74) is 0.946. The zero-order valence-corrected chi connectivity index (χ0v) is 8.84. The summed E-state index contributed by atoms with van der Waals surface area (Å²) < 4.78 is 5.06. The molecule has 13 heavy (non-hydrogen) atoms. The summed E-state index contributed by atoms with van der Waals surface area (Å²) in [6, 6.07) is 0. The number of methoxy groups -OCH3 is 1. The molecule has 76 valence electrons. The van der Waals surface area contributed by atoms with Crippen LogP contribution in [0.3, 0.4) is 0 Å². The van der Waals surface area contributed by atoms with Gasteiger partial charge in [-0.15, -0.1) is 0 Å². The van der Waals surface area contributed by atoms with Gasteiger partial charge in [0.05, 0.1) is 6.10 Å². The predicted octanol–water partition coefficient (Wildman–Crippen LogP) is 1.99. The number of aliphatic hydroxyl groups excluding tert-OH is 1. The fraction of sp³-hybridized carbons (Fsp3) is 0.818. The number of hydrogen-bond donors (Lipinski definition) is 1. The second kappa shape index (κ2) is 3.81. The van der Waals surface area contributed by atoms with Crippen molar-refractivity contribution in [3.63, 3.8) is 0 Å². The van der Waals surface area contributed by atoms with Crippen molar-refractivity contribution in [3.8, 4) is 0 Å². The van der Waals surface area contributed by atoms with E-state index in [1.54, 1.807) is 7.11 Å². The van der Waals surface area contributed by atoms with Gasteiger partial charge in [-0.05, 0) is 29.7 Å². The summed E-state index contributed by atoms with van der Waals surface area (Å²) in [5.74, 6) is 0.509. The first-order valence-corrected chi connectivity index (χ1v) is 4.84. The minimum absolute atomic E-state index is 0.0321. The molecule has 1 rings (SSSR count). The van der Waals surface area contributed by atoms with E-state index in [0.29, 0.717) is 5.92 Å². The van der Waals surface area contributed by atoms with Gasteiger partial charge in [-0.2, -0.15) is 0 Å². The van der Waals surface area contributed by atoms with Gasteiger partial charge in [0.2, 0.25) is 0 Å². The maximum absolute atomic E-state index is 9.85. The van der Waals surface area contributed by atoms with Crippen LogP contribution in [0.2, 0.25) is 0 Å². The van der Waals surface area contributed by atoms with Crippen molar-refractivity contribution in [2.24, 2.45) is 11.3 Å². The largest absolute Gasteiger partial charge is 0.388 e. The first-order valence-electron chi connectivity index (χ1n) is 4.84. The van der Waals surface area contributed by atoms with Crippen molar-refractivity contribution in [3.05, 3.63) is 12.2 Å². The molecule has 2 nitrogen and oxygen atoms in total. The van der Waals surface area contributed by atoms with E-state index < -0.39 is 0 Å². The maximum Gasteiger partial charge on any atom is 0.0801 e. The molecule has 2 atom stereocenters. The van der Waals surface area contributed by atoms with Crippen LogP contribution >= 0.6 is 0 Å². The predicted molar refractivity (Wildman–Crippen MR) is 53.5 cm³/mol. The molecule has 0 amide bonds. The van der Waals surface area contributed by atoms with E-state index in [4.69, 9.17) is 4.74 Å². The Morgan fingerprint density at radius 2 is 2.23 bits per heavy atom. The molecule has 0 radical (unpaired) electrons. The van der Waals surface area contributed by atoms with Gasteiger partial charge in [0.25, 0.3) is 0 Å². The highest BCUT2D eigenvalue weighted by atomic mass is 16.5. The van der Waals surface area contributed by atoms with Crippen molar-refractivity contribution < 1.29 is 9.84 Å². The van der Waals surface area contributed by atoms with Gasteiger partial charge in [-0.1, -0.05) is 20.4 Å². The van der Waals surface area contributed by atoms with E-state index in [9.17, 15) is 5.11 Å². The van der Waals surface area contributed by atoms with Crippen LogP contribution in [0.4, 0.5) is 0 Å². The summed E-state index contributed by atoms with van der Waals surface area (Å²) in [5, 5.41) is 9.85. The van der Waals surface area contributed by atoms with E-state index in [-0.39, 0.29) is 11.5 Å². The Balaban J connectivity index is 2.61. The summed E-state index contributed by atoms with van der Waals surface area (Å²) in [4.78, 5) is 0. The summed E-state index contributed by atoms with van der Waals surface area (Å²) in [6.07, 6.45) is 1.62. The molecule has 0 aromatic rings. The Kier molecular flexibility index (Phi) is 3.14. The lowest BCUT2D eigenvalue weighted by atomic mass is 9.79. The molecule has 1 aliphatic rings. The van der Waals surface area contributed by atoms with Crippen LogP contribution in [0.25, 0.3) is 0 Å². The number of hydrogen-bond acceptors (Lipinski definition) is 2. The van der Waals surface area contributed by atoms with Gasteiger partial charge < -0.3 is 9.84 Å². The first-order chi connectivity index (χ1) is 6.00. The molecule has 1 saturated carbocycles. The van der Waals surface area contributed by atoms with E-state index in [1.165, 1.54) is 0 Å². The highest BCUT2D eigenvalue weighted by Gasteiger charge is 2.43. The van der Waals surface area contributed by atoms with Crippen LogP contribution in [-0.4, -0.2) is 24.9 Å². The highest BCUT2D eigenvalue weighted by molar-refractivity contribution is 5.16. The van der Waals surface area contributed by atoms with Crippen molar-refractivity contribution in [1.29, 1.82) is 0 Å². The van der Waals surface area contributed by atoms with Gasteiger partial charge in [0.1, 0.15) is 0 Å². The molecule has 0 heterocycles. The van der Waals surface area contributed by atoms with E-state index in [1.807, 2.05) is 0 Å². The van der Waals surface area contributed by atoms with Crippen LogP contribution in [-0.2, 0) is 4.74 Å². The fourth-order valence-corrected chi connectivity index (χ4v) is 2.17. The second-order valence-corrected chi connectivity index (χ2v) is 4.56. The maximum atomic E-state index is 9.85. The average molecular weight is 184 g/mol. The minimum atomic E-state index is -0.339. The van der Waals surface area contributed by atoms with Crippen LogP contribution in [0.1, 0.15) is 26.7 Å². The Morgan fingerprint density at radius 3 is 2.62 bits per heavy atom. The normalized spacial score (nSPS) is 32.5. The average Bonchev–Trinajstić information content (AvgIpc) is 2.26. The molecule has 1 N–H and O–H groups in total.